The third kappa shape index (κ3) is 8.64. The van der Waals surface area contributed by atoms with Crippen LogP contribution in [0.5, 0.6) is 5.75 Å². The molecule has 4 N–H and O–H groups in total. The van der Waals surface area contributed by atoms with Crippen LogP contribution in [0.15, 0.2) is 29.3 Å². The first-order chi connectivity index (χ1) is 13.3. The summed E-state index contributed by atoms with van der Waals surface area (Å²) >= 11 is 0. The molecule has 0 spiro atoms. The molecular formula is C18H27F3IN5O2. The largest absolute Gasteiger partial charge is 0.491 e. The zero-order valence-electron chi connectivity index (χ0n) is 16.2. The van der Waals surface area contributed by atoms with Gasteiger partial charge in [0, 0.05) is 26.2 Å². The van der Waals surface area contributed by atoms with Crippen LogP contribution in [0.4, 0.5) is 13.2 Å². The maximum absolute atomic E-state index is 12.9. The number of likely N-dealkylation sites (tertiary alicyclic amines) is 1. The number of nitrogens with one attached hydrogen (secondary N) is 2. The quantitative estimate of drug-likeness (QED) is 0.217. The zero-order valence-corrected chi connectivity index (χ0v) is 18.5. The molecule has 2 rings (SSSR count). The van der Waals surface area contributed by atoms with Crippen LogP contribution in [0.25, 0.3) is 0 Å². The van der Waals surface area contributed by atoms with Gasteiger partial charge in [0.2, 0.25) is 5.91 Å². The number of primary amides is 1. The molecule has 1 aromatic carbocycles. The number of benzene rings is 1. The van der Waals surface area contributed by atoms with Gasteiger partial charge < -0.3 is 21.1 Å². The fraction of sp³-hybridized carbons (Fsp3) is 0.556. The van der Waals surface area contributed by atoms with Gasteiger partial charge >= 0.3 is 6.18 Å². The number of halogens is 4. The van der Waals surface area contributed by atoms with E-state index in [9.17, 15) is 18.0 Å². The van der Waals surface area contributed by atoms with Gasteiger partial charge in [0.05, 0.1) is 18.7 Å². The number of para-hydroxylation sites is 1. The lowest BCUT2D eigenvalue weighted by molar-refractivity contribution is -0.139. The second kappa shape index (κ2) is 12.1. The highest BCUT2D eigenvalue weighted by Gasteiger charge is 2.33. The first kappa shape index (κ1) is 25.3. The van der Waals surface area contributed by atoms with Crippen LogP contribution in [0, 0.1) is 0 Å². The monoisotopic (exact) mass is 529 g/mol. The molecular weight excluding hydrogens is 502 g/mol. The summed E-state index contributed by atoms with van der Waals surface area (Å²) < 4.78 is 44.1. The zero-order chi connectivity index (χ0) is 20.6. The number of aliphatic imine (C=N–C) groups is 1. The Balaban J connectivity index is 0.00000420. The standard InChI is InChI=1S/C18H26F3N5O2.HI/c1-23-17(25-13-6-9-26(10-7-13)12-16(22)27)24-8-11-28-15-5-3-2-4-14(15)18(19,20)21;/h2-5,13H,6-12H2,1H3,(H2,22,27)(H2,23,24,25);1H. The first-order valence-electron chi connectivity index (χ1n) is 9.06. The molecule has 0 aliphatic carbocycles. The van der Waals surface area contributed by atoms with Gasteiger partial charge in [-0.25, -0.2) is 0 Å². The SMILES string of the molecule is CN=C(NCCOc1ccccc1C(F)(F)F)NC1CCN(CC(N)=O)CC1.I. The lowest BCUT2D eigenvalue weighted by Crippen LogP contribution is -2.50. The highest BCUT2D eigenvalue weighted by molar-refractivity contribution is 14.0. The van der Waals surface area contributed by atoms with Crippen LogP contribution in [-0.2, 0) is 11.0 Å². The van der Waals surface area contributed by atoms with Gasteiger partial charge in [-0.2, -0.15) is 13.2 Å². The van der Waals surface area contributed by atoms with Crippen LogP contribution >= 0.6 is 24.0 Å². The van der Waals surface area contributed by atoms with Gasteiger partial charge in [-0.15, -0.1) is 24.0 Å². The highest BCUT2D eigenvalue weighted by atomic mass is 127. The molecule has 1 amide bonds. The van der Waals surface area contributed by atoms with E-state index in [-0.39, 0.29) is 54.8 Å². The Morgan fingerprint density at radius 1 is 1.31 bits per heavy atom. The third-order valence-electron chi connectivity index (χ3n) is 4.38. The molecule has 0 bridgehead atoms. The molecule has 0 unspecified atom stereocenters. The van der Waals surface area contributed by atoms with E-state index in [1.165, 1.54) is 18.2 Å². The van der Waals surface area contributed by atoms with Gasteiger partial charge in [-0.3, -0.25) is 14.7 Å². The minimum absolute atomic E-state index is 0. The molecule has 1 fully saturated rings. The Labute approximate surface area is 185 Å². The van der Waals surface area contributed by atoms with E-state index in [0.717, 1.165) is 32.0 Å². The first-order valence-corrected chi connectivity index (χ1v) is 9.06. The number of ether oxygens (including phenoxy) is 1. The van der Waals surface area contributed by atoms with E-state index in [2.05, 4.69) is 15.6 Å². The fourth-order valence-corrected chi connectivity index (χ4v) is 3.00. The van der Waals surface area contributed by atoms with Crippen molar-refractivity contribution in [1.82, 2.24) is 15.5 Å². The van der Waals surface area contributed by atoms with Crippen molar-refractivity contribution in [3.63, 3.8) is 0 Å². The molecule has 0 saturated carbocycles. The van der Waals surface area contributed by atoms with Crippen LogP contribution in [0.2, 0.25) is 0 Å². The Hall–Kier alpha value is -1.76. The number of nitrogens with two attached hydrogens (primary N) is 1. The predicted molar refractivity (Wildman–Crippen MR) is 116 cm³/mol. The maximum Gasteiger partial charge on any atom is 0.419 e. The second-order valence-electron chi connectivity index (χ2n) is 6.50. The summed E-state index contributed by atoms with van der Waals surface area (Å²) in [7, 11) is 1.62. The van der Waals surface area contributed by atoms with Gasteiger partial charge in [-0.05, 0) is 25.0 Å². The Bertz CT molecular complexity index is 680. The topological polar surface area (TPSA) is 92.0 Å². The molecule has 29 heavy (non-hydrogen) atoms. The summed E-state index contributed by atoms with van der Waals surface area (Å²) in [6.07, 6.45) is -2.78. The van der Waals surface area contributed by atoms with Crippen molar-refractivity contribution in [2.45, 2.75) is 25.1 Å². The van der Waals surface area contributed by atoms with E-state index in [0.29, 0.717) is 12.5 Å². The number of guanidine groups is 1. The van der Waals surface area contributed by atoms with E-state index in [1.54, 1.807) is 7.05 Å². The number of alkyl halides is 3. The van der Waals surface area contributed by atoms with Crippen molar-refractivity contribution >= 4 is 35.8 Å². The number of amides is 1. The van der Waals surface area contributed by atoms with E-state index < -0.39 is 11.7 Å². The molecule has 11 heteroatoms. The van der Waals surface area contributed by atoms with E-state index >= 15 is 0 Å². The van der Waals surface area contributed by atoms with Crippen molar-refractivity contribution in [2.75, 3.05) is 39.8 Å². The molecule has 164 valence electrons. The van der Waals surface area contributed by atoms with Crippen molar-refractivity contribution in [3.8, 4) is 5.75 Å². The number of hydrogen-bond donors (Lipinski definition) is 3. The summed E-state index contributed by atoms with van der Waals surface area (Å²) in [6, 6.07) is 5.32. The van der Waals surface area contributed by atoms with Crippen molar-refractivity contribution in [1.29, 1.82) is 0 Å². The lowest BCUT2D eigenvalue weighted by atomic mass is 10.1. The second-order valence-corrected chi connectivity index (χ2v) is 6.50. The van der Waals surface area contributed by atoms with Gasteiger partial charge in [0.15, 0.2) is 5.96 Å². The molecule has 0 radical (unpaired) electrons. The van der Waals surface area contributed by atoms with Crippen molar-refractivity contribution < 1.29 is 22.7 Å². The highest BCUT2D eigenvalue weighted by Crippen LogP contribution is 2.35. The third-order valence-corrected chi connectivity index (χ3v) is 4.38. The number of carbonyl (C=O) groups is 1. The Morgan fingerprint density at radius 3 is 2.55 bits per heavy atom. The smallest absolute Gasteiger partial charge is 0.419 e. The molecule has 1 aromatic rings. The normalized spacial score (nSPS) is 16.1. The van der Waals surface area contributed by atoms with E-state index in [1.807, 2.05) is 4.90 Å². The molecule has 1 aliphatic rings. The molecule has 1 heterocycles. The van der Waals surface area contributed by atoms with Crippen LogP contribution < -0.4 is 21.1 Å². The lowest BCUT2D eigenvalue weighted by Gasteiger charge is -2.32. The van der Waals surface area contributed by atoms with Gasteiger partial charge in [0.1, 0.15) is 12.4 Å². The minimum Gasteiger partial charge on any atom is -0.491 e. The summed E-state index contributed by atoms with van der Waals surface area (Å²) in [6.45, 7) is 2.14. The number of carbonyl (C=O) groups excluding carboxylic acids is 1. The van der Waals surface area contributed by atoms with Crippen molar-refractivity contribution in [2.24, 2.45) is 10.7 Å². The summed E-state index contributed by atoms with van der Waals surface area (Å²) in [5.74, 6) is 0.0265. The average Bonchev–Trinajstić information content (AvgIpc) is 2.64. The molecule has 1 saturated heterocycles. The Morgan fingerprint density at radius 2 is 1.97 bits per heavy atom. The number of nitrogens with zero attached hydrogens (tertiary/aromatic N) is 2. The van der Waals surface area contributed by atoms with Crippen LogP contribution in [0.3, 0.4) is 0 Å². The predicted octanol–water partition coefficient (Wildman–Crippen LogP) is 1.82. The number of rotatable bonds is 7. The number of hydrogen-bond acceptors (Lipinski definition) is 4. The van der Waals surface area contributed by atoms with Crippen molar-refractivity contribution in [3.05, 3.63) is 29.8 Å². The molecule has 0 aromatic heterocycles. The maximum atomic E-state index is 12.9. The molecule has 0 atom stereocenters. The average molecular weight is 529 g/mol. The van der Waals surface area contributed by atoms with Gasteiger partial charge in [0.25, 0.3) is 0 Å². The molecule has 1 aliphatic heterocycles. The van der Waals surface area contributed by atoms with Crippen LogP contribution in [0.1, 0.15) is 18.4 Å². The summed E-state index contributed by atoms with van der Waals surface area (Å²) in [5.41, 5.74) is 4.41. The van der Waals surface area contributed by atoms with E-state index in [4.69, 9.17) is 10.5 Å². The van der Waals surface area contributed by atoms with Crippen LogP contribution in [-0.4, -0.2) is 62.6 Å². The van der Waals surface area contributed by atoms with Gasteiger partial charge in [-0.1, -0.05) is 12.1 Å². The molecule has 7 nitrogen and oxygen atoms in total. The number of piperidine rings is 1. The Kier molecular flexibility index (Phi) is 10.5. The summed E-state index contributed by atoms with van der Waals surface area (Å²) in [5, 5.41) is 6.31. The minimum atomic E-state index is -4.45. The fourth-order valence-electron chi connectivity index (χ4n) is 3.00. The summed E-state index contributed by atoms with van der Waals surface area (Å²) in [4.78, 5) is 17.1.